The zero-order valence-corrected chi connectivity index (χ0v) is 13.5. The molecule has 22 heavy (non-hydrogen) atoms. The quantitative estimate of drug-likeness (QED) is 0.284. The summed E-state index contributed by atoms with van der Waals surface area (Å²) in [5.41, 5.74) is 0.546. The SMILES string of the molecule is CN(C)C=C(C#N)C(=O)N/C=N\OCc1c(Cl)cccc1Cl. The highest BCUT2D eigenvalue weighted by Crippen LogP contribution is 2.24. The summed E-state index contributed by atoms with van der Waals surface area (Å²) in [6, 6.07) is 6.87. The fourth-order valence-corrected chi connectivity index (χ4v) is 1.88. The van der Waals surface area contributed by atoms with Crippen LogP contribution in [-0.4, -0.2) is 31.2 Å². The van der Waals surface area contributed by atoms with E-state index in [0.717, 1.165) is 6.34 Å². The van der Waals surface area contributed by atoms with Crippen molar-refractivity contribution in [2.24, 2.45) is 5.16 Å². The molecule has 1 N–H and O–H groups in total. The van der Waals surface area contributed by atoms with Gasteiger partial charge in [0, 0.05) is 35.9 Å². The van der Waals surface area contributed by atoms with E-state index in [4.69, 9.17) is 33.3 Å². The minimum Gasteiger partial charge on any atom is -0.390 e. The molecule has 1 amide bonds. The Labute approximate surface area is 138 Å². The van der Waals surface area contributed by atoms with E-state index in [1.54, 1.807) is 43.3 Å². The average molecular weight is 341 g/mol. The second-order valence-electron chi connectivity index (χ2n) is 4.30. The highest BCUT2D eigenvalue weighted by atomic mass is 35.5. The molecule has 0 heterocycles. The maximum absolute atomic E-state index is 11.6. The van der Waals surface area contributed by atoms with Crippen LogP contribution in [0, 0.1) is 11.3 Å². The molecule has 0 bridgehead atoms. The van der Waals surface area contributed by atoms with Crippen LogP contribution in [0.2, 0.25) is 10.0 Å². The van der Waals surface area contributed by atoms with E-state index >= 15 is 0 Å². The molecule has 0 aliphatic heterocycles. The molecule has 0 fully saturated rings. The Morgan fingerprint density at radius 1 is 1.45 bits per heavy atom. The highest BCUT2D eigenvalue weighted by molar-refractivity contribution is 6.35. The number of halogens is 2. The van der Waals surface area contributed by atoms with Crippen molar-refractivity contribution in [1.29, 1.82) is 5.26 Å². The van der Waals surface area contributed by atoms with Gasteiger partial charge in [-0.15, -0.1) is 0 Å². The van der Waals surface area contributed by atoms with Gasteiger partial charge in [-0.2, -0.15) is 5.26 Å². The monoisotopic (exact) mass is 340 g/mol. The summed E-state index contributed by atoms with van der Waals surface area (Å²) in [4.78, 5) is 18.2. The van der Waals surface area contributed by atoms with Crippen molar-refractivity contribution in [2.45, 2.75) is 6.61 Å². The van der Waals surface area contributed by atoms with Crippen LogP contribution in [-0.2, 0) is 16.2 Å². The van der Waals surface area contributed by atoms with Crippen molar-refractivity contribution < 1.29 is 9.63 Å². The Morgan fingerprint density at radius 3 is 2.64 bits per heavy atom. The van der Waals surface area contributed by atoms with Crippen molar-refractivity contribution >= 4 is 35.4 Å². The first-order chi connectivity index (χ1) is 10.5. The lowest BCUT2D eigenvalue weighted by Gasteiger charge is -2.06. The molecule has 0 aromatic heterocycles. The fraction of sp³-hybridized carbons (Fsp3) is 0.214. The predicted molar refractivity (Wildman–Crippen MR) is 85.3 cm³/mol. The number of hydrogen-bond acceptors (Lipinski definition) is 5. The lowest BCUT2D eigenvalue weighted by Crippen LogP contribution is -2.24. The number of hydrogen-bond donors (Lipinski definition) is 1. The van der Waals surface area contributed by atoms with Crippen LogP contribution in [0.25, 0.3) is 0 Å². The lowest BCUT2D eigenvalue weighted by atomic mass is 10.2. The number of nitrogens with one attached hydrogen (secondary N) is 1. The minimum absolute atomic E-state index is 0.0504. The van der Waals surface area contributed by atoms with E-state index in [2.05, 4.69) is 10.5 Å². The first-order valence-corrected chi connectivity index (χ1v) is 6.87. The van der Waals surface area contributed by atoms with Gasteiger partial charge in [-0.3, -0.25) is 4.79 Å². The van der Waals surface area contributed by atoms with Crippen molar-refractivity contribution in [3.05, 3.63) is 45.6 Å². The Kier molecular flexibility index (Phi) is 7.23. The summed E-state index contributed by atoms with van der Waals surface area (Å²) in [6.45, 7) is 0.0590. The first-order valence-electron chi connectivity index (χ1n) is 6.11. The van der Waals surface area contributed by atoms with Gasteiger partial charge in [0.1, 0.15) is 24.6 Å². The number of nitrogens with zero attached hydrogens (tertiary/aromatic N) is 3. The Hall–Kier alpha value is -2.23. The molecular formula is C14H14Cl2N4O2. The van der Waals surface area contributed by atoms with Crippen LogP contribution >= 0.6 is 23.2 Å². The summed E-state index contributed by atoms with van der Waals surface area (Å²) in [5.74, 6) is -0.584. The molecule has 0 saturated carbocycles. The average Bonchev–Trinajstić information content (AvgIpc) is 2.46. The van der Waals surface area contributed by atoms with E-state index in [9.17, 15) is 4.79 Å². The summed E-state index contributed by atoms with van der Waals surface area (Å²) < 4.78 is 0. The number of rotatable bonds is 6. The second kappa shape index (κ2) is 8.93. The molecule has 0 unspecified atom stereocenters. The Balaban J connectivity index is 2.51. The molecule has 6 nitrogen and oxygen atoms in total. The van der Waals surface area contributed by atoms with E-state index in [0.29, 0.717) is 15.6 Å². The molecule has 1 rings (SSSR count). The molecule has 1 aromatic rings. The van der Waals surface area contributed by atoms with Crippen molar-refractivity contribution in [3.8, 4) is 6.07 Å². The number of benzene rings is 1. The Morgan fingerprint density at radius 2 is 2.09 bits per heavy atom. The van der Waals surface area contributed by atoms with Gasteiger partial charge in [0.15, 0.2) is 0 Å². The lowest BCUT2D eigenvalue weighted by molar-refractivity contribution is -0.115. The van der Waals surface area contributed by atoms with E-state index in [1.807, 2.05) is 0 Å². The molecule has 0 atom stereocenters. The van der Waals surface area contributed by atoms with Gasteiger partial charge in [0.2, 0.25) is 0 Å². The smallest absolute Gasteiger partial charge is 0.268 e. The van der Waals surface area contributed by atoms with E-state index in [1.165, 1.54) is 6.20 Å². The van der Waals surface area contributed by atoms with Gasteiger partial charge < -0.3 is 15.1 Å². The van der Waals surface area contributed by atoms with E-state index in [-0.39, 0.29) is 12.2 Å². The third kappa shape index (κ3) is 5.64. The number of amides is 1. The third-order valence-corrected chi connectivity index (χ3v) is 3.05. The normalized spacial score (nSPS) is 11.1. The van der Waals surface area contributed by atoms with Gasteiger partial charge in [-0.1, -0.05) is 34.4 Å². The minimum atomic E-state index is -0.584. The number of oxime groups is 1. The van der Waals surface area contributed by atoms with Crippen LogP contribution in [0.15, 0.2) is 35.1 Å². The number of carbonyl (C=O) groups is 1. The molecule has 0 radical (unpaired) electrons. The van der Waals surface area contributed by atoms with Crippen LogP contribution in [0.4, 0.5) is 0 Å². The zero-order chi connectivity index (χ0) is 16.5. The van der Waals surface area contributed by atoms with Crippen LogP contribution in [0.5, 0.6) is 0 Å². The molecule has 0 aliphatic rings. The standard InChI is InChI=1S/C14H14Cl2N4O2/c1-20(2)7-10(6-17)14(21)18-9-19-22-8-11-12(15)4-3-5-13(11)16/h3-5,7,9H,8H2,1-2H3,(H,18,19,21). The van der Waals surface area contributed by atoms with E-state index < -0.39 is 5.91 Å². The van der Waals surface area contributed by atoms with Crippen molar-refractivity contribution in [1.82, 2.24) is 10.2 Å². The second-order valence-corrected chi connectivity index (χ2v) is 5.11. The van der Waals surface area contributed by atoms with Crippen molar-refractivity contribution in [2.75, 3.05) is 14.1 Å². The van der Waals surface area contributed by atoms with Crippen LogP contribution < -0.4 is 5.32 Å². The molecule has 116 valence electrons. The molecule has 0 spiro atoms. The largest absolute Gasteiger partial charge is 0.390 e. The van der Waals surface area contributed by atoms with Gasteiger partial charge in [-0.05, 0) is 12.1 Å². The number of carbonyl (C=O) groups excluding carboxylic acids is 1. The molecule has 0 aliphatic carbocycles. The van der Waals surface area contributed by atoms with Gasteiger partial charge in [-0.25, -0.2) is 0 Å². The summed E-state index contributed by atoms with van der Waals surface area (Å²) in [5, 5.41) is 15.7. The fourth-order valence-electron chi connectivity index (χ4n) is 1.37. The maximum atomic E-state index is 11.6. The maximum Gasteiger partial charge on any atom is 0.268 e. The third-order valence-electron chi connectivity index (χ3n) is 2.35. The molecule has 1 aromatic carbocycles. The zero-order valence-electron chi connectivity index (χ0n) is 12.0. The molecule has 8 heteroatoms. The number of nitriles is 1. The molecular weight excluding hydrogens is 327 g/mol. The predicted octanol–water partition coefficient (Wildman–Crippen LogP) is 2.54. The summed E-state index contributed by atoms with van der Waals surface area (Å²) in [7, 11) is 3.41. The first kappa shape index (κ1) is 17.8. The molecule has 0 saturated heterocycles. The topological polar surface area (TPSA) is 77.7 Å². The summed E-state index contributed by atoms with van der Waals surface area (Å²) in [6.07, 6.45) is 2.45. The van der Waals surface area contributed by atoms with Crippen LogP contribution in [0.3, 0.4) is 0 Å². The summed E-state index contributed by atoms with van der Waals surface area (Å²) >= 11 is 11.9. The van der Waals surface area contributed by atoms with Gasteiger partial charge in [0.05, 0.1) is 0 Å². The van der Waals surface area contributed by atoms with Crippen molar-refractivity contribution in [3.63, 3.8) is 0 Å². The Bertz CT molecular complexity index is 616. The van der Waals surface area contributed by atoms with Crippen LogP contribution in [0.1, 0.15) is 5.56 Å². The highest BCUT2D eigenvalue weighted by Gasteiger charge is 2.07. The van der Waals surface area contributed by atoms with Gasteiger partial charge >= 0.3 is 0 Å². The van der Waals surface area contributed by atoms with Gasteiger partial charge in [0.25, 0.3) is 5.91 Å².